The van der Waals surface area contributed by atoms with E-state index in [9.17, 15) is 4.79 Å². The molecule has 0 amide bonds. The van der Waals surface area contributed by atoms with Crippen LogP contribution in [0.5, 0.6) is 0 Å². The van der Waals surface area contributed by atoms with Crippen LogP contribution in [0.15, 0.2) is 22.7 Å². The fourth-order valence-corrected chi connectivity index (χ4v) is 1.74. The van der Waals surface area contributed by atoms with Crippen LogP contribution in [0.25, 0.3) is 0 Å². The first-order valence-corrected chi connectivity index (χ1v) is 5.89. The Labute approximate surface area is 109 Å². The molecule has 17 heavy (non-hydrogen) atoms. The van der Waals surface area contributed by atoms with Gasteiger partial charge in [0.05, 0.1) is 24.8 Å². The highest BCUT2D eigenvalue weighted by molar-refractivity contribution is 9.10. The van der Waals surface area contributed by atoms with Gasteiger partial charge in [0.15, 0.2) is 0 Å². The van der Waals surface area contributed by atoms with Gasteiger partial charge in [0.1, 0.15) is 6.07 Å². The second-order valence-corrected chi connectivity index (χ2v) is 4.54. The monoisotopic (exact) mass is 296 g/mol. The van der Waals surface area contributed by atoms with E-state index in [2.05, 4.69) is 32.1 Å². The van der Waals surface area contributed by atoms with E-state index >= 15 is 0 Å². The molecular weight excluding hydrogens is 284 g/mol. The summed E-state index contributed by atoms with van der Waals surface area (Å²) in [6, 6.07) is 7.33. The average Bonchev–Trinajstić information content (AvgIpc) is 2.29. The van der Waals surface area contributed by atoms with Gasteiger partial charge in [0.25, 0.3) is 0 Å². The van der Waals surface area contributed by atoms with E-state index in [1.165, 1.54) is 7.11 Å². The molecule has 0 heterocycles. The number of benzene rings is 1. The van der Waals surface area contributed by atoms with E-state index in [0.717, 1.165) is 4.47 Å². The van der Waals surface area contributed by atoms with Crippen LogP contribution in [-0.4, -0.2) is 19.1 Å². The van der Waals surface area contributed by atoms with Gasteiger partial charge in [0.2, 0.25) is 0 Å². The lowest BCUT2D eigenvalue weighted by atomic mass is 10.1. The molecule has 0 spiro atoms. The van der Waals surface area contributed by atoms with Crippen molar-refractivity contribution >= 4 is 27.6 Å². The molecule has 1 unspecified atom stereocenters. The van der Waals surface area contributed by atoms with Gasteiger partial charge in [0, 0.05) is 10.5 Å². The summed E-state index contributed by atoms with van der Waals surface area (Å²) in [7, 11) is 1.36. The minimum Gasteiger partial charge on any atom is -0.469 e. The summed E-state index contributed by atoms with van der Waals surface area (Å²) in [5.41, 5.74) is 1.25. The molecule has 0 radical (unpaired) electrons. The molecule has 0 aliphatic carbocycles. The standard InChI is InChI=1S/C12H13BrN2O2/c1-8(5-12(16)17-2)15-11-6-10(13)4-3-9(11)7-14/h3-4,6,8,15H,5H2,1-2H3. The number of hydrogen-bond acceptors (Lipinski definition) is 4. The number of esters is 1. The zero-order valence-corrected chi connectivity index (χ0v) is 11.2. The van der Waals surface area contributed by atoms with E-state index in [-0.39, 0.29) is 18.4 Å². The predicted molar refractivity (Wildman–Crippen MR) is 68.6 cm³/mol. The van der Waals surface area contributed by atoms with Crippen molar-refractivity contribution in [1.29, 1.82) is 5.26 Å². The molecule has 90 valence electrons. The van der Waals surface area contributed by atoms with Crippen molar-refractivity contribution in [1.82, 2.24) is 0 Å². The molecule has 0 bridgehead atoms. The molecule has 0 saturated heterocycles. The largest absolute Gasteiger partial charge is 0.469 e. The van der Waals surface area contributed by atoms with E-state index in [1.807, 2.05) is 13.0 Å². The molecule has 0 aliphatic rings. The third-order valence-electron chi connectivity index (χ3n) is 2.20. The maximum Gasteiger partial charge on any atom is 0.307 e. The molecule has 0 fully saturated rings. The quantitative estimate of drug-likeness (QED) is 0.868. The van der Waals surface area contributed by atoms with Gasteiger partial charge in [-0.3, -0.25) is 4.79 Å². The second-order valence-electron chi connectivity index (χ2n) is 3.63. The predicted octanol–water partition coefficient (Wildman–Crippen LogP) is 2.68. The summed E-state index contributed by atoms with van der Waals surface area (Å²) in [5, 5.41) is 12.1. The molecule has 1 atom stereocenters. The summed E-state index contributed by atoms with van der Waals surface area (Å²) in [5.74, 6) is -0.279. The molecule has 0 aromatic heterocycles. The fourth-order valence-electron chi connectivity index (χ4n) is 1.38. The number of carbonyl (C=O) groups is 1. The Morgan fingerprint density at radius 1 is 1.65 bits per heavy atom. The lowest BCUT2D eigenvalue weighted by Crippen LogP contribution is -2.20. The fraction of sp³-hybridized carbons (Fsp3) is 0.333. The number of hydrogen-bond donors (Lipinski definition) is 1. The van der Waals surface area contributed by atoms with E-state index in [4.69, 9.17) is 5.26 Å². The molecule has 1 aromatic rings. The number of rotatable bonds is 4. The number of anilines is 1. The number of nitrogens with zero attached hydrogens (tertiary/aromatic N) is 1. The molecule has 1 aromatic carbocycles. The third-order valence-corrected chi connectivity index (χ3v) is 2.70. The summed E-state index contributed by atoms with van der Waals surface area (Å²) >= 11 is 3.34. The highest BCUT2D eigenvalue weighted by Gasteiger charge is 2.11. The van der Waals surface area contributed by atoms with Gasteiger partial charge in [-0.25, -0.2) is 0 Å². The van der Waals surface area contributed by atoms with Gasteiger partial charge in [-0.1, -0.05) is 15.9 Å². The Balaban J connectivity index is 2.77. The summed E-state index contributed by atoms with van der Waals surface area (Å²) in [4.78, 5) is 11.1. The van der Waals surface area contributed by atoms with E-state index < -0.39 is 0 Å². The maximum atomic E-state index is 11.1. The highest BCUT2D eigenvalue weighted by atomic mass is 79.9. The van der Waals surface area contributed by atoms with Crippen molar-refractivity contribution in [2.45, 2.75) is 19.4 Å². The van der Waals surface area contributed by atoms with Crippen LogP contribution >= 0.6 is 15.9 Å². The summed E-state index contributed by atoms with van der Waals surface area (Å²) < 4.78 is 5.46. The lowest BCUT2D eigenvalue weighted by molar-refractivity contribution is -0.140. The Kier molecular flexibility index (Phi) is 4.98. The van der Waals surface area contributed by atoms with Crippen LogP contribution in [0.4, 0.5) is 5.69 Å². The van der Waals surface area contributed by atoms with Crippen molar-refractivity contribution in [3.05, 3.63) is 28.2 Å². The van der Waals surface area contributed by atoms with Crippen LogP contribution in [0.1, 0.15) is 18.9 Å². The minimum atomic E-state index is -0.279. The van der Waals surface area contributed by atoms with Crippen LogP contribution in [0.3, 0.4) is 0 Å². The van der Waals surface area contributed by atoms with Crippen molar-refractivity contribution in [2.24, 2.45) is 0 Å². The molecule has 0 aliphatic heterocycles. The smallest absolute Gasteiger partial charge is 0.307 e. The van der Waals surface area contributed by atoms with Crippen LogP contribution < -0.4 is 5.32 Å². The minimum absolute atomic E-state index is 0.0937. The van der Waals surface area contributed by atoms with Crippen LogP contribution in [-0.2, 0) is 9.53 Å². The Morgan fingerprint density at radius 3 is 2.94 bits per heavy atom. The average molecular weight is 297 g/mol. The Hall–Kier alpha value is -1.54. The lowest BCUT2D eigenvalue weighted by Gasteiger charge is -2.15. The first-order chi connectivity index (χ1) is 8.06. The normalized spacial score (nSPS) is 11.4. The summed E-state index contributed by atoms with van der Waals surface area (Å²) in [6.45, 7) is 1.86. The van der Waals surface area contributed by atoms with Crippen molar-refractivity contribution < 1.29 is 9.53 Å². The SMILES string of the molecule is COC(=O)CC(C)Nc1cc(Br)ccc1C#N. The third kappa shape index (κ3) is 4.08. The molecular formula is C12H13BrN2O2. The zero-order valence-electron chi connectivity index (χ0n) is 9.66. The van der Waals surface area contributed by atoms with Crippen molar-refractivity contribution in [3.63, 3.8) is 0 Å². The summed E-state index contributed by atoms with van der Waals surface area (Å²) in [6.07, 6.45) is 0.258. The van der Waals surface area contributed by atoms with Crippen molar-refractivity contribution in [2.75, 3.05) is 12.4 Å². The first kappa shape index (κ1) is 13.5. The zero-order chi connectivity index (χ0) is 12.8. The number of nitriles is 1. The number of carbonyl (C=O) groups excluding carboxylic acids is 1. The second kappa shape index (κ2) is 6.26. The number of nitrogens with one attached hydrogen (secondary N) is 1. The Morgan fingerprint density at radius 2 is 2.35 bits per heavy atom. The van der Waals surface area contributed by atoms with Crippen molar-refractivity contribution in [3.8, 4) is 6.07 Å². The van der Waals surface area contributed by atoms with Gasteiger partial charge < -0.3 is 10.1 Å². The van der Waals surface area contributed by atoms with Crippen LogP contribution in [0.2, 0.25) is 0 Å². The van der Waals surface area contributed by atoms with Gasteiger partial charge in [-0.05, 0) is 25.1 Å². The molecule has 1 rings (SSSR count). The van der Waals surface area contributed by atoms with Gasteiger partial charge in [-0.2, -0.15) is 5.26 Å². The first-order valence-electron chi connectivity index (χ1n) is 5.09. The maximum absolute atomic E-state index is 11.1. The molecule has 1 N–H and O–H groups in total. The molecule has 5 heteroatoms. The highest BCUT2D eigenvalue weighted by Crippen LogP contribution is 2.21. The Bertz CT molecular complexity index is 454. The van der Waals surface area contributed by atoms with E-state index in [0.29, 0.717) is 11.3 Å². The van der Waals surface area contributed by atoms with E-state index in [1.54, 1.807) is 12.1 Å². The molecule has 4 nitrogen and oxygen atoms in total. The number of halogens is 1. The van der Waals surface area contributed by atoms with Crippen LogP contribution in [0, 0.1) is 11.3 Å². The topological polar surface area (TPSA) is 62.1 Å². The number of methoxy groups -OCH3 is 1. The van der Waals surface area contributed by atoms with Gasteiger partial charge in [-0.15, -0.1) is 0 Å². The number of ether oxygens (including phenoxy) is 1. The van der Waals surface area contributed by atoms with Gasteiger partial charge >= 0.3 is 5.97 Å². The molecule has 0 saturated carbocycles.